The number of nitrogens with one attached hydrogen (secondary N) is 1. The van der Waals surface area contributed by atoms with Gasteiger partial charge in [0.25, 0.3) is 5.91 Å². The van der Waals surface area contributed by atoms with Crippen LogP contribution in [0.15, 0.2) is 36.5 Å². The summed E-state index contributed by atoms with van der Waals surface area (Å²) in [5.41, 5.74) is -1.51. The molecule has 0 aliphatic heterocycles. The molecule has 0 fully saturated rings. The maximum atomic E-state index is 12.8. The van der Waals surface area contributed by atoms with Crippen molar-refractivity contribution in [1.29, 1.82) is 0 Å². The van der Waals surface area contributed by atoms with Gasteiger partial charge in [-0.2, -0.15) is 13.2 Å². The van der Waals surface area contributed by atoms with Crippen LogP contribution in [0.4, 0.5) is 19.0 Å². The normalized spacial score (nSPS) is 11.2. The molecule has 0 aliphatic rings. The summed E-state index contributed by atoms with van der Waals surface area (Å²) < 4.78 is 38.4. The van der Waals surface area contributed by atoms with Gasteiger partial charge < -0.3 is 5.32 Å². The molecule has 1 heterocycles. The van der Waals surface area contributed by atoms with E-state index >= 15 is 0 Å². The summed E-state index contributed by atoms with van der Waals surface area (Å²) >= 11 is 5.52. The van der Waals surface area contributed by atoms with Crippen LogP contribution in [0.3, 0.4) is 0 Å². The van der Waals surface area contributed by atoms with Crippen molar-refractivity contribution in [3.05, 3.63) is 52.9 Å². The first-order chi connectivity index (χ1) is 9.38. The van der Waals surface area contributed by atoms with E-state index in [1.165, 1.54) is 24.4 Å². The Morgan fingerprint density at radius 3 is 2.55 bits per heavy atom. The number of alkyl halides is 3. The number of halogens is 4. The molecule has 0 spiro atoms. The molecular formula is C12H7ClF3N3O. The third-order valence-electron chi connectivity index (χ3n) is 2.34. The molecule has 104 valence electrons. The number of nitrogens with zero attached hydrogens (tertiary/aromatic N) is 2. The molecule has 0 aliphatic carbocycles. The lowest BCUT2D eigenvalue weighted by molar-refractivity contribution is -0.137. The fraction of sp³-hybridized carbons (Fsp3) is 0.0833. The maximum Gasteiger partial charge on any atom is 0.417 e. The molecule has 1 N–H and O–H groups in total. The molecule has 0 saturated heterocycles. The van der Waals surface area contributed by atoms with Crippen LogP contribution in [-0.4, -0.2) is 15.9 Å². The predicted molar refractivity (Wildman–Crippen MR) is 66.4 cm³/mol. The fourth-order valence-electron chi connectivity index (χ4n) is 1.52. The zero-order valence-electron chi connectivity index (χ0n) is 9.78. The highest BCUT2D eigenvalue weighted by atomic mass is 35.5. The van der Waals surface area contributed by atoms with E-state index < -0.39 is 23.2 Å². The third-order valence-corrected chi connectivity index (χ3v) is 2.53. The lowest BCUT2D eigenvalue weighted by Gasteiger charge is -2.12. The van der Waals surface area contributed by atoms with Crippen LogP contribution in [0, 0.1) is 0 Å². The van der Waals surface area contributed by atoms with Crippen molar-refractivity contribution in [3.8, 4) is 0 Å². The van der Waals surface area contributed by atoms with Crippen LogP contribution in [0.25, 0.3) is 0 Å². The second-order valence-electron chi connectivity index (χ2n) is 3.71. The van der Waals surface area contributed by atoms with Gasteiger partial charge in [-0.25, -0.2) is 9.97 Å². The Bertz CT molecular complexity index is 646. The van der Waals surface area contributed by atoms with Crippen molar-refractivity contribution in [2.75, 3.05) is 5.32 Å². The van der Waals surface area contributed by atoms with Crippen LogP contribution in [-0.2, 0) is 6.18 Å². The van der Waals surface area contributed by atoms with Crippen molar-refractivity contribution >= 4 is 23.3 Å². The third kappa shape index (κ3) is 3.24. The first-order valence-electron chi connectivity index (χ1n) is 5.34. The average molecular weight is 302 g/mol. The standard InChI is InChI=1S/C12H7ClF3N3O/c13-11-17-6-5-9(19-11)18-10(20)7-3-1-2-4-8(7)12(14,15)16/h1-6H,(H,17,18,19,20). The number of carbonyl (C=O) groups is 1. The first-order valence-corrected chi connectivity index (χ1v) is 5.72. The Balaban J connectivity index is 2.31. The first kappa shape index (κ1) is 14.3. The van der Waals surface area contributed by atoms with Crippen LogP contribution >= 0.6 is 11.6 Å². The second-order valence-corrected chi connectivity index (χ2v) is 4.05. The van der Waals surface area contributed by atoms with Crippen LogP contribution in [0.1, 0.15) is 15.9 Å². The average Bonchev–Trinajstić information content (AvgIpc) is 2.37. The van der Waals surface area contributed by atoms with E-state index in [4.69, 9.17) is 11.6 Å². The van der Waals surface area contributed by atoms with Gasteiger partial charge in [0.15, 0.2) is 0 Å². The molecule has 8 heteroatoms. The number of amides is 1. The SMILES string of the molecule is O=C(Nc1ccnc(Cl)n1)c1ccccc1C(F)(F)F. The Morgan fingerprint density at radius 1 is 1.20 bits per heavy atom. The largest absolute Gasteiger partial charge is 0.417 e. The van der Waals surface area contributed by atoms with Gasteiger partial charge in [-0.3, -0.25) is 4.79 Å². The molecule has 4 nitrogen and oxygen atoms in total. The molecule has 0 radical (unpaired) electrons. The molecule has 2 rings (SSSR count). The molecule has 1 aromatic heterocycles. The monoisotopic (exact) mass is 301 g/mol. The summed E-state index contributed by atoms with van der Waals surface area (Å²) in [5, 5.41) is 2.12. The van der Waals surface area contributed by atoms with E-state index in [-0.39, 0.29) is 11.1 Å². The molecule has 20 heavy (non-hydrogen) atoms. The molecular weight excluding hydrogens is 295 g/mol. The lowest BCUT2D eigenvalue weighted by Crippen LogP contribution is -2.19. The molecule has 0 saturated carbocycles. The molecule has 2 aromatic rings. The summed E-state index contributed by atoms with van der Waals surface area (Å²) in [6.07, 6.45) is -3.34. The van der Waals surface area contributed by atoms with Crippen LogP contribution < -0.4 is 5.32 Å². The number of carbonyl (C=O) groups excluding carboxylic acids is 1. The van der Waals surface area contributed by atoms with E-state index in [0.29, 0.717) is 0 Å². The van der Waals surface area contributed by atoms with Gasteiger partial charge in [0, 0.05) is 6.20 Å². The fourth-order valence-corrected chi connectivity index (χ4v) is 1.66. The Kier molecular flexibility index (Phi) is 3.89. The number of hydrogen-bond donors (Lipinski definition) is 1. The number of anilines is 1. The minimum Gasteiger partial charge on any atom is -0.306 e. The highest BCUT2D eigenvalue weighted by Gasteiger charge is 2.34. The molecule has 0 unspecified atom stereocenters. The molecule has 1 amide bonds. The predicted octanol–water partition coefficient (Wildman–Crippen LogP) is 3.40. The van der Waals surface area contributed by atoms with Crippen LogP contribution in [0.5, 0.6) is 0 Å². The van der Waals surface area contributed by atoms with Crippen molar-refractivity contribution in [2.45, 2.75) is 6.18 Å². The van der Waals surface area contributed by atoms with Gasteiger partial charge in [-0.05, 0) is 29.8 Å². The Hall–Kier alpha value is -2.15. The van der Waals surface area contributed by atoms with E-state index in [1.807, 2.05) is 0 Å². The lowest BCUT2D eigenvalue weighted by atomic mass is 10.1. The van der Waals surface area contributed by atoms with Crippen LogP contribution in [0.2, 0.25) is 5.28 Å². The van der Waals surface area contributed by atoms with E-state index in [1.54, 1.807) is 0 Å². The van der Waals surface area contributed by atoms with E-state index in [9.17, 15) is 18.0 Å². The van der Waals surface area contributed by atoms with Crippen molar-refractivity contribution in [3.63, 3.8) is 0 Å². The van der Waals surface area contributed by atoms with Crippen molar-refractivity contribution in [1.82, 2.24) is 9.97 Å². The number of aromatic nitrogens is 2. The Morgan fingerprint density at radius 2 is 1.90 bits per heavy atom. The summed E-state index contributed by atoms with van der Waals surface area (Å²) in [6, 6.07) is 5.79. The highest BCUT2D eigenvalue weighted by molar-refractivity contribution is 6.28. The summed E-state index contributed by atoms with van der Waals surface area (Å²) in [4.78, 5) is 19.1. The minimum absolute atomic E-state index is 0.0203. The zero-order chi connectivity index (χ0) is 14.8. The van der Waals surface area contributed by atoms with Gasteiger partial charge in [-0.1, -0.05) is 12.1 Å². The zero-order valence-corrected chi connectivity index (χ0v) is 10.5. The van der Waals surface area contributed by atoms with E-state index in [2.05, 4.69) is 15.3 Å². The van der Waals surface area contributed by atoms with Crippen molar-refractivity contribution < 1.29 is 18.0 Å². The number of benzene rings is 1. The maximum absolute atomic E-state index is 12.8. The molecule has 0 atom stereocenters. The van der Waals surface area contributed by atoms with Gasteiger partial charge >= 0.3 is 6.18 Å². The van der Waals surface area contributed by atoms with Gasteiger partial charge in [0.05, 0.1) is 11.1 Å². The topological polar surface area (TPSA) is 54.9 Å². The Labute approximate surface area is 116 Å². The van der Waals surface area contributed by atoms with Gasteiger partial charge in [-0.15, -0.1) is 0 Å². The quantitative estimate of drug-likeness (QED) is 0.865. The molecule has 1 aromatic carbocycles. The smallest absolute Gasteiger partial charge is 0.306 e. The van der Waals surface area contributed by atoms with Gasteiger partial charge in [0.1, 0.15) is 5.82 Å². The summed E-state index contributed by atoms with van der Waals surface area (Å²) in [7, 11) is 0. The molecule has 0 bridgehead atoms. The highest BCUT2D eigenvalue weighted by Crippen LogP contribution is 2.32. The van der Waals surface area contributed by atoms with Gasteiger partial charge in [0.2, 0.25) is 5.28 Å². The summed E-state index contributed by atoms with van der Waals surface area (Å²) in [6.45, 7) is 0. The second kappa shape index (κ2) is 5.46. The number of hydrogen-bond acceptors (Lipinski definition) is 3. The van der Waals surface area contributed by atoms with E-state index in [0.717, 1.165) is 12.1 Å². The van der Waals surface area contributed by atoms with Crippen molar-refractivity contribution in [2.24, 2.45) is 0 Å². The summed E-state index contributed by atoms with van der Waals surface area (Å²) in [5.74, 6) is -0.903. The number of rotatable bonds is 2. The minimum atomic E-state index is -4.61.